The van der Waals surface area contributed by atoms with Crippen molar-refractivity contribution >= 4 is 5.91 Å². The number of nitrogens with zero attached hydrogens (tertiary/aromatic N) is 4. The zero-order valence-electron chi connectivity index (χ0n) is 15.7. The molecule has 0 aliphatic rings. The third kappa shape index (κ3) is 3.89. The van der Waals surface area contributed by atoms with Crippen LogP contribution in [0.1, 0.15) is 16.2 Å². The first-order chi connectivity index (χ1) is 14.1. The Labute approximate surface area is 167 Å². The number of carbonyl (C=O) groups excluding carboxylic acids is 1. The molecule has 1 amide bonds. The zero-order chi connectivity index (χ0) is 20.2. The molecule has 7 heteroatoms. The molecule has 4 rings (SSSR count). The average Bonchev–Trinajstić information content (AvgIpc) is 3.11. The van der Waals surface area contributed by atoms with Crippen LogP contribution in [0.3, 0.4) is 0 Å². The summed E-state index contributed by atoms with van der Waals surface area (Å²) in [6, 6.07) is 15.2. The van der Waals surface area contributed by atoms with E-state index in [2.05, 4.69) is 20.4 Å². The highest BCUT2D eigenvalue weighted by Crippen LogP contribution is 2.34. The van der Waals surface area contributed by atoms with Crippen molar-refractivity contribution in [3.05, 3.63) is 90.4 Å². The standard InChI is InChI=1S/C22H18FN5O/c1-28-21(22(29)26-14-18-4-2-3-11-25-18)19(15-9-12-24-13-10-15)20(27-28)16-5-7-17(23)8-6-16/h2-13H,14H2,1H3,(H,26,29). The molecule has 1 N–H and O–H groups in total. The average molecular weight is 387 g/mol. The van der Waals surface area contributed by atoms with Crippen LogP contribution >= 0.6 is 0 Å². The lowest BCUT2D eigenvalue weighted by molar-refractivity contribution is 0.0941. The summed E-state index contributed by atoms with van der Waals surface area (Å²) in [4.78, 5) is 21.3. The van der Waals surface area contributed by atoms with Gasteiger partial charge in [-0.1, -0.05) is 6.07 Å². The Hall–Kier alpha value is -3.87. The molecule has 1 aromatic carbocycles. The van der Waals surface area contributed by atoms with Crippen molar-refractivity contribution < 1.29 is 9.18 Å². The van der Waals surface area contributed by atoms with Gasteiger partial charge in [0.2, 0.25) is 0 Å². The Bertz CT molecular complexity index is 1130. The van der Waals surface area contributed by atoms with E-state index in [1.54, 1.807) is 42.5 Å². The van der Waals surface area contributed by atoms with Gasteiger partial charge in [0.15, 0.2) is 0 Å². The van der Waals surface area contributed by atoms with E-state index < -0.39 is 0 Å². The fourth-order valence-corrected chi connectivity index (χ4v) is 3.14. The number of halogens is 1. The molecule has 0 bridgehead atoms. The highest BCUT2D eigenvalue weighted by Gasteiger charge is 2.24. The lowest BCUT2D eigenvalue weighted by Gasteiger charge is -2.09. The minimum absolute atomic E-state index is 0.272. The summed E-state index contributed by atoms with van der Waals surface area (Å²) < 4.78 is 14.9. The molecule has 0 saturated heterocycles. The van der Waals surface area contributed by atoms with Crippen molar-refractivity contribution in [2.45, 2.75) is 6.54 Å². The molecule has 144 valence electrons. The summed E-state index contributed by atoms with van der Waals surface area (Å²) in [5.41, 5.74) is 3.95. The maximum atomic E-state index is 13.4. The van der Waals surface area contributed by atoms with Crippen molar-refractivity contribution in [1.29, 1.82) is 0 Å². The molecular weight excluding hydrogens is 369 g/mol. The molecule has 0 aliphatic heterocycles. The number of aromatic nitrogens is 4. The fourth-order valence-electron chi connectivity index (χ4n) is 3.14. The topological polar surface area (TPSA) is 72.7 Å². The molecule has 0 radical (unpaired) electrons. The van der Waals surface area contributed by atoms with E-state index in [0.717, 1.165) is 16.8 Å². The second-order valence-electron chi connectivity index (χ2n) is 6.44. The van der Waals surface area contributed by atoms with E-state index in [0.29, 0.717) is 23.5 Å². The van der Waals surface area contributed by atoms with Gasteiger partial charge >= 0.3 is 0 Å². The summed E-state index contributed by atoms with van der Waals surface area (Å²) in [5.74, 6) is -0.603. The number of hydrogen-bond acceptors (Lipinski definition) is 4. The highest BCUT2D eigenvalue weighted by atomic mass is 19.1. The van der Waals surface area contributed by atoms with Crippen LogP contribution in [0.2, 0.25) is 0 Å². The number of benzene rings is 1. The Morgan fingerprint density at radius 1 is 1.00 bits per heavy atom. The summed E-state index contributed by atoms with van der Waals surface area (Å²) in [7, 11) is 1.72. The summed E-state index contributed by atoms with van der Waals surface area (Å²) in [5, 5.41) is 7.46. The summed E-state index contributed by atoms with van der Waals surface area (Å²) >= 11 is 0. The second kappa shape index (κ2) is 8.02. The van der Waals surface area contributed by atoms with E-state index in [1.807, 2.05) is 30.3 Å². The zero-order valence-corrected chi connectivity index (χ0v) is 15.7. The smallest absolute Gasteiger partial charge is 0.270 e. The summed E-state index contributed by atoms with van der Waals surface area (Å²) in [6.07, 6.45) is 5.00. The van der Waals surface area contributed by atoms with Gasteiger partial charge in [0.25, 0.3) is 5.91 Å². The first-order valence-corrected chi connectivity index (χ1v) is 9.05. The molecule has 3 aromatic heterocycles. The van der Waals surface area contributed by atoms with Crippen molar-refractivity contribution in [1.82, 2.24) is 25.1 Å². The van der Waals surface area contributed by atoms with Crippen LogP contribution < -0.4 is 5.32 Å². The molecule has 29 heavy (non-hydrogen) atoms. The summed E-state index contributed by atoms with van der Waals surface area (Å²) in [6.45, 7) is 0.298. The van der Waals surface area contributed by atoms with E-state index >= 15 is 0 Å². The lowest BCUT2D eigenvalue weighted by atomic mass is 9.99. The van der Waals surface area contributed by atoms with E-state index in [-0.39, 0.29) is 11.7 Å². The first kappa shape index (κ1) is 18.5. The van der Waals surface area contributed by atoms with Crippen LogP contribution in [-0.2, 0) is 13.6 Å². The van der Waals surface area contributed by atoms with Crippen molar-refractivity contribution in [3.63, 3.8) is 0 Å². The number of hydrogen-bond donors (Lipinski definition) is 1. The van der Waals surface area contributed by atoms with Gasteiger partial charge in [-0.2, -0.15) is 5.10 Å². The molecule has 4 aromatic rings. The Morgan fingerprint density at radius 3 is 2.45 bits per heavy atom. The van der Waals surface area contributed by atoms with Crippen LogP contribution in [0, 0.1) is 5.82 Å². The number of rotatable bonds is 5. The predicted molar refractivity (Wildman–Crippen MR) is 107 cm³/mol. The van der Waals surface area contributed by atoms with Crippen LogP contribution in [0.15, 0.2) is 73.2 Å². The molecule has 0 saturated carbocycles. The Balaban J connectivity index is 1.77. The number of aryl methyl sites for hydroxylation is 1. The van der Waals surface area contributed by atoms with Crippen molar-refractivity contribution in [2.24, 2.45) is 7.05 Å². The quantitative estimate of drug-likeness (QED) is 0.568. The normalized spacial score (nSPS) is 10.7. The van der Waals surface area contributed by atoms with Gasteiger partial charge in [-0.05, 0) is 54.1 Å². The third-order valence-electron chi connectivity index (χ3n) is 4.51. The molecule has 0 unspecified atom stereocenters. The first-order valence-electron chi connectivity index (χ1n) is 9.05. The van der Waals surface area contributed by atoms with Gasteiger partial charge < -0.3 is 5.32 Å². The monoisotopic (exact) mass is 387 g/mol. The molecule has 6 nitrogen and oxygen atoms in total. The third-order valence-corrected chi connectivity index (χ3v) is 4.51. The highest BCUT2D eigenvalue weighted by molar-refractivity contribution is 6.03. The van der Waals surface area contributed by atoms with Crippen LogP contribution in [0.4, 0.5) is 4.39 Å². The molecule has 3 heterocycles. The van der Waals surface area contributed by atoms with Gasteiger partial charge in [0.1, 0.15) is 17.2 Å². The lowest BCUT2D eigenvalue weighted by Crippen LogP contribution is -2.26. The van der Waals surface area contributed by atoms with Crippen LogP contribution in [0.5, 0.6) is 0 Å². The second-order valence-corrected chi connectivity index (χ2v) is 6.44. The van der Waals surface area contributed by atoms with Crippen LogP contribution in [0.25, 0.3) is 22.4 Å². The van der Waals surface area contributed by atoms with Crippen molar-refractivity contribution in [3.8, 4) is 22.4 Å². The molecule has 0 aliphatic carbocycles. The van der Waals surface area contributed by atoms with E-state index in [1.165, 1.54) is 12.1 Å². The minimum Gasteiger partial charge on any atom is -0.345 e. The van der Waals surface area contributed by atoms with Gasteiger partial charge in [0, 0.05) is 36.8 Å². The largest absolute Gasteiger partial charge is 0.345 e. The molecule has 0 fully saturated rings. The Morgan fingerprint density at radius 2 is 1.76 bits per heavy atom. The maximum Gasteiger partial charge on any atom is 0.270 e. The number of pyridine rings is 2. The van der Waals surface area contributed by atoms with E-state index in [4.69, 9.17) is 0 Å². The van der Waals surface area contributed by atoms with Crippen molar-refractivity contribution in [2.75, 3.05) is 0 Å². The molecule has 0 spiro atoms. The van der Waals surface area contributed by atoms with Crippen LogP contribution in [-0.4, -0.2) is 25.7 Å². The number of carbonyl (C=O) groups is 1. The molecular formula is C22H18FN5O. The van der Waals surface area contributed by atoms with Gasteiger partial charge in [-0.25, -0.2) is 4.39 Å². The predicted octanol–water partition coefficient (Wildman–Crippen LogP) is 3.61. The fraction of sp³-hybridized carbons (Fsp3) is 0.0909. The SMILES string of the molecule is Cn1nc(-c2ccc(F)cc2)c(-c2ccncc2)c1C(=O)NCc1ccccn1. The Kier molecular flexibility index (Phi) is 5.11. The van der Waals surface area contributed by atoms with Gasteiger partial charge in [0.05, 0.1) is 12.2 Å². The number of nitrogens with one attached hydrogen (secondary N) is 1. The number of amides is 1. The minimum atomic E-state index is -0.330. The van der Waals surface area contributed by atoms with Gasteiger partial charge in [-0.15, -0.1) is 0 Å². The van der Waals surface area contributed by atoms with Gasteiger partial charge in [-0.3, -0.25) is 19.4 Å². The van der Waals surface area contributed by atoms with E-state index in [9.17, 15) is 9.18 Å². The maximum absolute atomic E-state index is 13.4. The molecule has 0 atom stereocenters.